The van der Waals surface area contributed by atoms with E-state index in [2.05, 4.69) is 20.6 Å². The molecule has 2 aromatic carbocycles. The van der Waals surface area contributed by atoms with Crippen molar-refractivity contribution in [1.29, 1.82) is 0 Å². The normalized spacial score (nSPS) is 14.6. The Labute approximate surface area is 226 Å². The van der Waals surface area contributed by atoms with Crippen LogP contribution in [0.1, 0.15) is 78.7 Å². The first kappa shape index (κ1) is 26.2. The van der Waals surface area contributed by atoms with Crippen LogP contribution in [-0.4, -0.2) is 39.9 Å². The molecule has 0 spiro atoms. The van der Waals surface area contributed by atoms with Crippen LogP contribution < -0.4 is 10.6 Å². The van der Waals surface area contributed by atoms with Crippen molar-refractivity contribution in [2.45, 2.75) is 52.7 Å². The molecular weight excluding hydrogens is 496 g/mol. The fourth-order valence-electron chi connectivity index (χ4n) is 4.77. The van der Waals surface area contributed by atoms with Crippen molar-refractivity contribution in [3.05, 3.63) is 77.1 Å². The lowest BCUT2D eigenvalue weighted by Crippen LogP contribution is -2.37. The largest absolute Gasteiger partial charge is 0.444 e. The van der Waals surface area contributed by atoms with Crippen LogP contribution in [0, 0.1) is 5.92 Å². The highest BCUT2D eigenvalue weighted by Gasteiger charge is 2.30. The molecule has 0 unspecified atom stereocenters. The van der Waals surface area contributed by atoms with Gasteiger partial charge in [-0.2, -0.15) is 0 Å². The van der Waals surface area contributed by atoms with Crippen LogP contribution in [-0.2, 0) is 11.2 Å². The summed E-state index contributed by atoms with van der Waals surface area (Å²) in [6.07, 6.45) is 1.37. The molecule has 2 aromatic heterocycles. The molecule has 9 nitrogen and oxygen atoms in total. The van der Waals surface area contributed by atoms with Gasteiger partial charge < -0.3 is 24.8 Å². The maximum atomic E-state index is 13.3. The number of aromatic amines is 1. The van der Waals surface area contributed by atoms with Gasteiger partial charge in [0, 0.05) is 29.1 Å². The average Bonchev–Trinajstić information content (AvgIpc) is 3.48. The van der Waals surface area contributed by atoms with Crippen molar-refractivity contribution in [3.8, 4) is 11.1 Å². The zero-order chi connectivity index (χ0) is 27.9. The fraction of sp³-hybridized carbons (Fsp3) is 0.333. The minimum absolute atomic E-state index is 0.0795. The SMILES string of the molecule is CC(C)[C@H](NC(=O)OC(C)(C)C)c1nc2c(o1)Cc1cccc(c1)-c1cccc3[nH]cc(c13)C(=O)CNC2=O. The molecule has 1 atom stereocenters. The standard InChI is InChI=1S/C30H32N4O5/c1-16(2)25(34-29(37)39-30(3,4)5)28-33-26-23(38-28)13-17-8-6-9-18(12-17)19-10-7-11-21-24(19)20(14-31-21)22(35)15-32-27(26)36/h6-12,14,16,25,31H,13,15H2,1-5H3,(H,32,36)(H,34,37)/t25-/m0/s1. The minimum atomic E-state index is -0.676. The number of benzene rings is 2. The Kier molecular flexibility index (Phi) is 6.76. The molecule has 4 aromatic rings. The first-order valence-corrected chi connectivity index (χ1v) is 13.0. The second kappa shape index (κ2) is 10.1. The summed E-state index contributed by atoms with van der Waals surface area (Å²) in [5.41, 5.74) is 3.53. The average molecular weight is 529 g/mol. The van der Waals surface area contributed by atoms with Gasteiger partial charge in [-0.15, -0.1) is 0 Å². The molecule has 2 amide bonds. The summed E-state index contributed by atoms with van der Waals surface area (Å²) in [7, 11) is 0. The summed E-state index contributed by atoms with van der Waals surface area (Å²) in [6.45, 7) is 8.96. The van der Waals surface area contributed by atoms with Crippen LogP contribution in [0.3, 0.4) is 0 Å². The number of alkyl carbamates (subject to hydrolysis) is 1. The van der Waals surface area contributed by atoms with E-state index in [0.717, 1.165) is 27.6 Å². The number of oxazole rings is 1. The topological polar surface area (TPSA) is 126 Å². The molecular formula is C30H32N4O5. The van der Waals surface area contributed by atoms with E-state index in [1.54, 1.807) is 27.0 Å². The Morgan fingerprint density at radius 1 is 1.10 bits per heavy atom. The van der Waals surface area contributed by atoms with Crippen LogP contribution in [0.15, 0.2) is 53.1 Å². The van der Waals surface area contributed by atoms with Crippen LogP contribution in [0.5, 0.6) is 0 Å². The molecule has 1 aliphatic heterocycles. The van der Waals surface area contributed by atoms with Crippen LogP contribution in [0.4, 0.5) is 4.79 Å². The van der Waals surface area contributed by atoms with E-state index in [-0.39, 0.29) is 29.8 Å². The molecule has 0 fully saturated rings. The Morgan fingerprint density at radius 3 is 2.62 bits per heavy atom. The first-order valence-electron chi connectivity index (χ1n) is 13.0. The number of rotatable bonds is 3. The number of aromatic nitrogens is 2. The Balaban J connectivity index is 1.57. The lowest BCUT2D eigenvalue weighted by molar-refractivity contribution is 0.0478. The highest BCUT2D eigenvalue weighted by Crippen LogP contribution is 2.33. The summed E-state index contributed by atoms with van der Waals surface area (Å²) in [5, 5.41) is 6.35. The molecule has 0 saturated carbocycles. The molecule has 3 heterocycles. The fourth-order valence-corrected chi connectivity index (χ4v) is 4.77. The van der Waals surface area contributed by atoms with E-state index in [1.807, 2.05) is 56.3 Å². The monoisotopic (exact) mass is 528 g/mol. The smallest absolute Gasteiger partial charge is 0.408 e. The van der Waals surface area contributed by atoms with Crippen molar-refractivity contribution in [3.63, 3.8) is 0 Å². The predicted octanol–water partition coefficient (Wildman–Crippen LogP) is 5.56. The molecule has 2 bridgehead atoms. The molecule has 39 heavy (non-hydrogen) atoms. The van der Waals surface area contributed by atoms with Gasteiger partial charge in [0.1, 0.15) is 17.4 Å². The Bertz CT molecular complexity index is 1570. The zero-order valence-corrected chi connectivity index (χ0v) is 22.7. The van der Waals surface area contributed by atoms with Gasteiger partial charge in [-0.1, -0.05) is 50.2 Å². The number of carbonyl (C=O) groups excluding carboxylic acids is 3. The minimum Gasteiger partial charge on any atom is -0.444 e. The van der Waals surface area contributed by atoms with Gasteiger partial charge in [0.2, 0.25) is 5.89 Å². The number of fused-ring (bicyclic) bond motifs is 4. The van der Waals surface area contributed by atoms with Gasteiger partial charge in [0.05, 0.1) is 6.54 Å². The molecule has 202 valence electrons. The maximum absolute atomic E-state index is 13.3. The van der Waals surface area contributed by atoms with Gasteiger partial charge in [0.15, 0.2) is 11.5 Å². The van der Waals surface area contributed by atoms with Crippen molar-refractivity contribution in [1.82, 2.24) is 20.6 Å². The molecule has 5 rings (SSSR count). The summed E-state index contributed by atoms with van der Waals surface area (Å²) < 4.78 is 11.6. The quantitative estimate of drug-likeness (QED) is 0.320. The van der Waals surface area contributed by atoms with Crippen molar-refractivity contribution >= 4 is 28.7 Å². The van der Waals surface area contributed by atoms with Crippen molar-refractivity contribution < 1.29 is 23.5 Å². The van der Waals surface area contributed by atoms with E-state index in [1.165, 1.54) is 0 Å². The van der Waals surface area contributed by atoms with Crippen molar-refractivity contribution in [2.24, 2.45) is 5.92 Å². The van der Waals surface area contributed by atoms with Gasteiger partial charge in [-0.3, -0.25) is 9.59 Å². The van der Waals surface area contributed by atoms with E-state index >= 15 is 0 Å². The summed E-state index contributed by atoms with van der Waals surface area (Å²) in [6, 6.07) is 13.1. The number of Topliss-reactive ketones (excluding diaryl/α,β-unsaturated/α-hetero) is 1. The van der Waals surface area contributed by atoms with Crippen molar-refractivity contribution in [2.75, 3.05) is 6.54 Å². The first-order chi connectivity index (χ1) is 18.5. The summed E-state index contributed by atoms with van der Waals surface area (Å²) in [4.78, 5) is 46.8. The maximum Gasteiger partial charge on any atom is 0.408 e. The van der Waals surface area contributed by atoms with E-state index in [0.29, 0.717) is 17.7 Å². The number of hydrogen-bond donors (Lipinski definition) is 3. The lowest BCUT2D eigenvalue weighted by atomic mass is 9.96. The van der Waals surface area contributed by atoms with E-state index in [9.17, 15) is 14.4 Å². The predicted molar refractivity (Wildman–Crippen MR) is 147 cm³/mol. The lowest BCUT2D eigenvalue weighted by Gasteiger charge is -2.24. The third-order valence-electron chi connectivity index (χ3n) is 6.55. The van der Waals surface area contributed by atoms with Gasteiger partial charge in [-0.25, -0.2) is 9.78 Å². The number of nitrogens with zero attached hydrogens (tertiary/aromatic N) is 1. The number of hydrogen-bond acceptors (Lipinski definition) is 6. The number of H-pyrrole nitrogens is 1. The van der Waals surface area contributed by atoms with Gasteiger partial charge >= 0.3 is 6.09 Å². The van der Waals surface area contributed by atoms with Gasteiger partial charge in [-0.05, 0) is 49.4 Å². The van der Waals surface area contributed by atoms with Crippen LogP contribution in [0.25, 0.3) is 22.0 Å². The Morgan fingerprint density at radius 2 is 1.87 bits per heavy atom. The molecule has 0 radical (unpaired) electrons. The molecule has 1 aliphatic rings. The highest BCUT2D eigenvalue weighted by atomic mass is 16.6. The molecule has 9 heteroatoms. The third-order valence-corrected chi connectivity index (χ3v) is 6.55. The third kappa shape index (κ3) is 5.43. The highest BCUT2D eigenvalue weighted by molar-refractivity contribution is 6.14. The summed E-state index contributed by atoms with van der Waals surface area (Å²) in [5.74, 6) is -0.314. The van der Waals surface area contributed by atoms with Crippen LogP contribution >= 0.6 is 0 Å². The number of amides is 2. The number of nitrogens with one attached hydrogen (secondary N) is 3. The zero-order valence-electron chi connectivity index (χ0n) is 22.7. The molecule has 3 N–H and O–H groups in total. The molecule has 0 saturated heterocycles. The second-order valence-electron chi connectivity index (χ2n) is 11.1. The number of carbonyl (C=O) groups is 3. The van der Waals surface area contributed by atoms with Gasteiger partial charge in [0.25, 0.3) is 5.91 Å². The Hall–Kier alpha value is -4.40. The summed E-state index contributed by atoms with van der Waals surface area (Å²) >= 11 is 0. The van der Waals surface area contributed by atoms with Crippen LogP contribution in [0.2, 0.25) is 0 Å². The van der Waals surface area contributed by atoms with E-state index < -0.39 is 23.6 Å². The number of ether oxygens (including phenoxy) is 1. The van der Waals surface area contributed by atoms with E-state index in [4.69, 9.17) is 9.15 Å². The number of ketones is 1. The molecule has 0 aliphatic carbocycles. The second-order valence-corrected chi connectivity index (χ2v) is 11.1.